The summed E-state index contributed by atoms with van der Waals surface area (Å²) in [4.78, 5) is 38.1. The normalized spacial score (nSPS) is 22.3. The van der Waals surface area contributed by atoms with Gasteiger partial charge in [0.15, 0.2) is 12.2 Å². The summed E-state index contributed by atoms with van der Waals surface area (Å²) in [5.74, 6) is -2.19. The zero-order valence-corrected chi connectivity index (χ0v) is 12.4. The number of hydrogen-bond donors (Lipinski definition) is 2. The number of nitrogens with zero attached hydrogens (tertiary/aromatic N) is 2. The highest BCUT2D eigenvalue weighted by Crippen LogP contribution is 2.28. The molecule has 2 aliphatic heterocycles. The number of amides is 2. The highest BCUT2D eigenvalue weighted by Gasteiger charge is 2.39. The number of carbonyl (C=O) groups is 3. The fourth-order valence-corrected chi connectivity index (χ4v) is 2.84. The van der Waals surface area contributed by atoms with Gasteiger partial charge in [0.25, 0.3) is 11.8 Å². The summed E-state index contributed by atoms with van der Waals surface area (Å²) in [6.45, 7) is 0.836. The lowest BCUT2D eigenvalue weighted by Crippen LogP contribution is -2.54. The molecule has 8 nitrogen and oxygen atoms in total. The number of carboxylic acids is 1. The average Bonchev–Trinajstić information content (AvgIpc) is 2.81. The van der Waals surface area contributed by atoms with Crippen LogP contribution in [0.4, 0.5) is 5.69 Å². The lowest BCUT2D eigenvalue weighted by Gasteiger charge is -2.33. The van der Waals surface area contributed by atoms with E-state index in [9.17, 15) is 19.5 Å². The maximum absolute atomic E-state index is 12.4. The Morgan fingerprint density at radius 3 is 2.83 bits per heavy atom. The van der Waals surface area contributed by atoms with E-state index in [1.807, 2.05) is 0 Å². The molecular weight excluding hydrogens is 304 g/mol. The third-order valence-electron chi connectivity index (χ3n) is 4.05. The van der Waals surface area contributed by atoms with Crippen LogP contribution in [0, 0.1) is 0 Å². The number of ether oxygens (including phenoxy) is 1. The van der Waals surface area contributed by atoms with Gasteiger partial charge in [0, 0.05) is 31.4 Å². The Bertz CT molecular complexity index is 689. The van der Waals surface area contributed by atoms with Crippen molar-refractivity contribution in [1.29, 1.82) is 0 Å². The minimum atomic E-state index is -1.91. The summed E-state index contributed by atoms with van der Waals surface area (Å²) >= 11 is 0. The standard InChI is InChI=1S/C15H16N2O6/c1-16-7-8-6-9(2-3-10(8)13(16)19)17-4-5-23-12(14(17)20)11(18)15(21)22/h2-3,6,11-12,18H,4-5,7H2,1H3,(H,21,22). The Morgan fingerprint density at radius 2 is 2.13 bits per heavy atom. The first-order valence-corrected chi connectivity index (χ1v) is 7.12. The van der Waals surface area contributed by atoms with Gasteiger partial charge in [-0.25, -0.2) is 4.79 Å². The highest BCUT2D eigenvalue weighted by atomic mass is 16.5. The van der Waals surface area contributed by atoms with Crippen LogP contribution in [-0.2, 0) is 20.9 Å². The second-order valence-corrected chi connectivity index (χ2v) is 5.57. The largest absolute Gasteiger partial charge is 0.479 e. The molecular formula is C15H16N2O6. The Morgan fingerprint density at radius 1 is 1.39 bits per heavy atom. The molecule has 3 rings (SSSR count). The molecule has 0 radical (unpaired) electrons. The number of benzene rings is 1. The molecule has 23 heavy (non-hydrogen) atoms. The van der Waals surface area contributed by atoms with E-state index >= 15 is 0 Å². The van der Waals surface area contributed by atoms with E-state index in [4.69, 9.17) is 9.84 Å². The summed E-state index contributed by atoms with van der Waals surface area (Å²) in [6, 6.07) is 5.04. The second-order valence-electron chi connectivity index (χ2n) is 5.57. The van der Waals surface area contributed by atoms with Crippen molar-refractivity contribution >= 4 is 23.5 Å². The number of hydrogen-bond acceptors (Lipinski definition) is 5. The minimum Gasteiger partial charge on any atom is -0.479 e. The predicted molar refractivity (Wildman–Crippen MR) is 78.0 cm³/mol. The van der Waals surface area contributed by atoms with E-state index in [0.717, 1.165) is 5.56 Å². The number of anilines is 1. The third-order valence-corrected chi connectivity index (χ3v) is 4.05. The lowest BCUT2D eigenvalue weighted by molar-refractivity contribution is -0.163. The van der Waals surface area contributed by atoms with E-state index in [1.165, 1.54) is 4.90 Å². The Balaban J connectivity index is 1.87. The summed E-state index contributed by atoms with van der Waals surface area (Å²) in [6.07, 6.45) is -3.34. The van der Waals surface area contributed by atoms with Gasteiger partial charge in [0.05, 0.1) is 6.61 Å². The molecule has 8 heteroatoms. The molecule has 0 bridgehead atoms. The van der Waals surface area contributed by atoms with Gasteiger partial charge >= 0.3 is 5.97 Å². The summed E-state index contributed by atoms with van der Waals surface area (Å²) in [7, 11) is 1.70. The van der Waals surface area contributed by atoms with Crippen LogP contribution < -0.4 is 4.90 Å². The summed E-state index contributed by atoms with van der Waals surface area (Å²) in [5, 5.41) is 18.4. The molecule has 0 spiro atoms. The van der Waals surface area contributed by atoms with Crippen molar-refractivity contribution in [2.45, 2.75) is 18.8 Å². The SMILES string of the molecule is CN1Cc2cc(N3CCOC(C(O)C(=O)O)C3=O)ccc2C1=O. The molecule has 2 aliphatic rings. The number of carbonyl (C=O) groups excluding carboxylic acids is 2. The van der Waals surface area contributed by atoms with Crippen molar-refractivity contribution in [3.05, 3.63) is 29.3 Å². The molecule has 1 saturated heterocycles. The van der Waals surface area contributed by atoms with Gasteiger partial charge in [-0.15, -0.1) is 0 Å². The molecule has 122 valence electrons. The molecule has 2 atom stereocenters. The molecule has 2 N–H and O–H groups in total. The average molecular weight is 320 g/mol. The van der Waals surface area contributed by atoms with E-state index in [1.54, 1.807) is 30.1 Å². The quantitative estimate of drug-likeness (QED) is 0.774. The Hall–Kier alpha value is -2.45. The van der Waals surface area contributed by atoms with Crippen LogP contribution in [0.5, 0.6) is 0 Å². The molecule has 0 aliphatic carbocycles. The van der Waals surface area contributed by atoms with E-state index < -0.39 is 24.1 Å². The van der Waals surface area contributed by atoms with Crippen molar-refractivity contribution in [3.63, 3.8) is 0 Å². The van der Waals surface area contributed by atoms with Crippen LogP contribution in [0.3, 0.4) is 0 Å². The first-order valence-electron chi connectivity index (χ1n) is 7.12. The topological polar surface area (TPSA) is 107 Å². The number of morpholine rings is 1. The third kappa shape index (κ3) is 2.55. The Kier molecular flexibility index (Phi) is 3.78. The van der Waals surface area contributed by atoms with Crippen molar-refractivity contribution < 1.29 is 29.3 Å². The van der Waals surface area contributed by atoms with Gasteiger partial charge in [-0.05, 0) is 23.8 Å². The number of rotatable bonds is 3. The van der Waals surface area contributed by atoms with Crippen molar-refractivity contribution in [2.24, 2.45) is 0 Å². The van der Waals surface area contributed by atoms with Crippen LogP contribution in [0.15, 0.2) is 18.2 Å². The lowest BCUT2D eigenvalue weighted by atomic mass is 10.1. The van der Waals surface area contributed by atoms with E-state index in [-0.39, 0.29) is 19.1 Å². The monoisotopic (exact) mass is 320 g/mol. The maximum Gasteiger partial charge on any atom is 0.335 e. The number of fused-ring (bicyclic) bond motifs is 1. The number of carboxylic acid groups (broad SMARTS) is 1. The molecule has 0 saturated carbocycles. The molecule has 1 aromatic rings. The molecule has 0 aromatic heterocycles. The van der Waals surface area contributed by atoms with Crippen LogP contribution in [0.25, 0.3) is 0 Å². The molecule has 2 heterocycles. The first kappa shape index (κ1) is 15.4. The van der Waals surface area contributed by atoms with Gasteiger partial charge in [0.1, 0.15) is 0 Å². The molecule has 1 fully saturated rings. The maximum atomic E-state index is 12.4. The Labute approximate surface area is 131 Å². The van der Waals surface area contributed by atoms with E-state index in [2.05, 4.69) is 0 Å². The zero-order valence-electron chi connectivity index (χ0n) is 12.4. The second kappa shape index (κ2) is 5.64. The first-order chi connectivity index (χ1) is 10.9. The highest BCUT2D eigenvalue weighted by molar-refractivity contribution is 6.02. The van der Waals surface area contributed by atoms with Crippen LogP contribution >= 0.6 is 0 Å². The van der Waals surface area contributed by atoms with Gasteiger partial charge in [0.2, 0.25) is 0 Å². The number of aliphatic carboxylic acids is 1. The number of aliphatic hydroxyl groups is 1. The van der Waals surface area contributed by atoms with Crippen molar-refractivity contribution in [2.75, 3.05) is 25.1 Å². The van der Waals surface area contributed by atoms with Crippen LogP contribution in [-0.4, -0.2) is 65.3 Å². The zero-order chi connectivity index (χ0) is 16.7. The van der Waals surface area contributed by atoms with Crippen molar-refractivity contribution in [3.8, 4) is 0 Å². The predicted octanol–water partition coefficient (Wildman–Crippen LogP) is -0.550. The molecule has 2 unspecified atom stereocenters. The van der Waals surface area contributed by atoms with Gasteiger partial charge < -0.3 is 24.7 Å². The minimum absolute atomic E-state index is 0.0703. The fourth-order valence-electron chi connectivity index (χ4n) is 2.84. The smallest absolute Gasteiger partial charge is 0.335 e. The van der Waals surface area contributed by atoms with Crippen LogP contribution in [0.1, 0.15) is 15.9 Å². The summed E-state index contributed by atoms with van der Waals surface area (Å²) in [5.41, 5.74) is 1.96. The van der Waals surface area contributed by atoms with E-state index in [0.29, 0.717) is 17.8 Å². The number of aliphatic hydroxyl groups excluding tert-OH is 1. The molecule has 2 amide bonds. The van der Waals surface area contributed by atoms with Gasteiger partial charge in [-0.3, -0.25) is 9.59 Å². The van der Waals surface area contributed by atoms with Crippen molar-refractivity contribution in [1.82, 2.24) is 4.90 Å². The van der Waals surface area contributed by atoms with Crippen LogP contribution in [0.2, 0.25) is 0 Å². The van der Waals surface area contributed by atoms with Gasteiger partial charge in [-0.1, -0.05) is 0 Å². The molecule has 1 aromatic carbocycles. The fraction of sp³-hybridized carbons (Fsp3) is 0.400. The van der Waals surface area contributed by atoms with Gasteiger partial charge in [-0.2, -0.15) is 0 Å². The summed E-state index contributed by atoms with van der Waals surface area (Å²) < 4.78 is 5.11.